The molecule has 6 nitrogen and oxygen atoms in total. The summed E-state index contributed by atoms with van der Waals surface area (Å²) in [5.41, 5.74) is -0.415. The van der Waals surface area contributed by atoms with Gasteiger partial charge < -0.3 is 10.1 Å². The van der Waals surface area contributed by atoms with E-state index in [9.17, 15) is 8.78 Å². The lowest BCUT2D eigenvalue weighted by molar-refractivity contribution is -0.000136. The van der Waals surface area contributed by atoms with E-state index in [4.69, 9.17) is 22.3 Å². The molecule has 1 heterocycles. The first-order valence-corrected chi connectivity index (χ1v) is 6.99. The largest absolute Gasteiger partial charge is 0.394 e. The molecule has 9 heteroatoms. The standard InChI is InChI=1S/C11H13F2NO.H2O4S/c1-15-11(5-6-14-7-11)8-3-2-4-9(12)10(8)13;1-5(2,3)4/h2-4,14H,5-7H2,1H3;(H2,1,2,3,4). The lowest BCUT2D eigenvalue weighted by Gasteiger charge is -2.27. The predicted molar refractivity (Wildman–Crippen MR) is 66.7 cm³/mol. The topological polar surface area (TPSA) is 95.9 Å². The molecule has 2 rings (SSSR count). The minimum Gasteiger partial charge on any atom is -0.372 e. The van der Waals surface area contributed by atoms with Crippen molar-refractivity contribution in [1.82, 2.24) is 5.32 Å². The van der Waals surface area contributed by atoms with Crippen molar-refractivity contribution in [3.63, 3.8) is 0 Å². The Hall–Kier alpha value is -1.13. The molecular formula is C11H15F2NO5S. The fourth-order valence-electron chi connectivity index (χ4n) is 2.04. The number of benzene rings is 1. The van der Waals surface area contributed by atoms with Gasteiger partial charge in [-0.25, -0.2) is 8.78 Å². The van der Waals surface area contributed by atoms with Crippen LogP contribution >= 0.6 is 0 Å². The molecule has 0 aromatic heterocycles. The Kier molecular flexibility index (Phi) is 5.54. The minimum atomic E-state index is -4.67. The molecule has 3 N–H and O–H groups in total. The Morgan fingerprint density at radius 2 is 1.95 bits per heavy atom. The lowest BCUT2D eigenvalue weighted by atomic mass is 9.92. The van der Waals surface area contributed by atoms with Gasteiger partial charge in [0.1, 0.15) is 5.60 Å². The van der Waals surface area contributed by atoms with Crippen molar-refractivity contribution >= 4 is 10.4 Å². The van der Waals surface area contributed by atoms with Crippen LogP contribution in [-0.4, -0.2) is 37.7 Å². The second-order valence-electron chi connectivity index (χ2n) is 4.17. The van der Waals surface area contributed by atoms with Crippen molar-refractivity contribution in [1.29, 1.82) is 0 Å². The predicted octanol–water partition coefficient (Wildman–Crippen LogP) is 1.15. The number of nitrogens with one attached hydrogen (secondary N) is 1. The Morgan fingerprint density at radius 1 is 1.35 bits per heavy atom. The van der Waals surface area contributed by atoms with Crippen LogP contribution in [0.25, 0.3) is 0 Å². The SMILES string of the molecule is COC1(c2cccc(F)c2F)CCNC1.O=S(=O)(O)O. The summed E-state index contributed by atoms with van der Waals surface area (Å²) in [6.07, 6.45) is 0.657. The second-order valence-corrected chi connectivity index (χ2v) is 5.07. The van der Waals surface area contributed by atoms with Gasteiger partial charge in [-0.1, -0.05) is 12.1 Å². The van der Waals surface area contributed by atoms with Crippen LogP contribution in [0.15, 0.2) is 18.2 Å². The summed E-state index contributed by atoms with van der Waals surface area (Å²) < 4.78 is 63.6. The number of halogens is 2. The van der Waals surface area contributed by atoms with Crippen molar-refractivity contribution in [2.75, 3.05) is 20.2 Å². The average Bonchev–Trinajstić information content (AvgIpc) is 2.80. The Bertz CT molecular complexity index is 550. The summed E-state index contributed by atoms with van der Waals surface area (Å²) in [6, 6.07) is 4.20. The van der Waals surface area contributed by atoms with Gasteiger partial charge in [0.25, 0.3) is 0 Å². The molecule has 1 aliphatic heterocycles. The summed E-state index contributed by atoms with van der Waals surface area (Å²) >= 11 is 0. The molecule has 1 aliphatic rings. The zero-order valence-corrected chi connectivity index (χ0v) is 11.5. The molecule has 20 heavy (non-hydrogen) atoms. The van der Waals surface area contributed by atoms with E-state index in [1.54, 1.807) is 6.07 Å². The monoisotopic (exact) mass is 311 g/mol. The Balaban J connectivity index is 0.000000347. The van der Waals surface area contributed by atoms with E-state index in [1.165, 1.54) is 13.2 Å². The third kappa shape index (κ3) is 4.46. The maximum atomic E-state index is 13.6. The number of methoxy groups -OCH3 is 1. The fraction of sp³-hybridized carbons (Fsp3) is 0.455. The van der Waals surface area contributed by atoms with Crippen LogP contribution < -0.4 is 5.32 Å². The van der Waals surface area contributed by atoms with E-state index < -0.39 is 27.6 Å². The Labute approximate surface area is 115 Å². The molecule has 0 amide bonds. The summed E-state index contributed by atoms with van der Waals surface area (Å²) in [5.74, 6) is -1.63. The molecule has 1 aromatic rings. The first-order valence-electron chi connectivity index (χ1n) is 5.60. The van der Waals surface area contributed by atoms with Crippen LogP contribution in [0, 0.1) is 11.6 Å². The van der Waals surface area contributed by atoms with Gasteiger partial charge in [0.2, 0.25) is 0 Å². The van der Waals surface area contributed by atoms with E-state index in [2.05, 4.69) is 5.32 Å². The summed E-state index contributed by atoms with van der Waals surface area (Å²) in [7, 11) is -3.14. The summed E-state index contributed by atoms with van der Waals surface area (Å²) in [4.78, 5) is 0. The van der Waals surface area contributed by atoms with Crippen LogP contribution in [-0.2, 0) is 20.7 Å². The normalized spacial score (nSPS) is 22.2. The molecule has 1 aromatic carbocycles. The van der Waals surface area contributed by atoms with Gasteiger partial charge in [-0.15, -0.1) is 0 Å². The van der Waals surface area contributed by atoms with Gasteiger partial charge in [0.05, 0.1) is 0 Å². The molecule has 0 aliphatic carbocycles. The molecule has 0 saturated carbocycles. The van der Waals surface area contributed by atoms with Gasteiger partial charge in [-0.2, -0.15) is 8.42 Å². The molecule has 1 fully saturated rings. The van der Waals surface area contributed by atoms with Crippen LogP contribution in [0.3, 0.4) is 0 Å². The highest BCUT2D eigenvalue weighted by Gasteiger charge is 2.38. The number of ether oxygens (including phenoxy) is 1. The van der Waals surface area contributed by atoms with E-state index in [0.717, 1.165) is 12.6 Å². The molecule has 0 bridgehead atoms. The lowest BCUT2D eigenvalue weighted by Crippen LogP contribution is -2.32. The quantitative estimate of drug-likeness (QED) is 0.709. The highest BCUT2D eigenvalue weighted by Crippen LogP contribution is 2.33. The number of hydrogen-bond donors (Lipinski definition) is 3. The molecule has 0 radical (unpaired) electrons. The van der Waals surface area contributed by atoms with Crippen LogP contribution in [0.4, 0.5) is 8.78 Å². The highest BCUT2D eigenvalue weighted by atomic mass is 32.3. The summed E-state index contributed by atoms with van der Waals surface area (Å²) in [5, 5.41) is 3.10. The number of hydrogen-bond acceptors (Lipinski definition) is 4. The van der Waals surface area contributed by atoms with E-state index in [1.807, 2.05) is 0 Å². The smallest absolute Gasteiger partial charge is 0.372 e. The van der Waals surface area contributed by atoms with Crippen molar-refractivity contribution in [3.05, 3.63) is 35.4 Å². The van der Waals surface area contributed by atoms with Crippen molar-refractivity contribution in [2.45, 2.75) is 12.0 Å². The van der Waals surface area contributed by atoms with Crippen molar-refractivity contribution in [2.24, 2.45) is 0 Å². The maximum absolute atomic E-state index is 13.6. The highest BCUT2D eigenvalue weighted by molar-refractivity contribution is 7.79. The third-order valence-electron chi connectivity index (χ3n) is 2.95. The van der Waals surface area contributed by atoms with Gasteiger partial charge in [0, 0.05) is 19.2 Å². The molecule has 1 saturated heterocycles. The minimum absolute atomic E-state index is 0.301. The van der Waals surface area contributed by atoms with Gasteiger partial charge in [-0.3, -0.25) is 9.11 Å². The van der Waals surface area contributed by atoms with E-state index in [0.29, 0.717) is 18.5 Å². The van der Waals surface area contributed by atoms with Crippen molar-refractivity contribution < 1.29 is 31.0 Å². The number of rotatable bonds is 2. The Morgan fingerprint density at radius 3 is 2.40 bits per heavy atom. The second kappa shape index (κ2) is 6.55. The fourth-order valence-corrected chi connectivity index (χ4v) is 2.04. The van der Waals surface area contributed by atoms with Crippen LogP contribution in [0.5, 0.6) is 0 Å². The zero-order valence-electron chi connectivity index (χ0n) is 10.6. The molecule has 1 atom stereocenters. The molecule has 1 unspecified atom stereocenters. The van der Waals surface area contributed by atoms with Gasteiger partial charge in [0.15, 0.2) is 11.6 Å². The van der Waals surface area contributed by atoms with Gasteiger partial charge >= 0.3 is 10.4 Å². The van der Waals surface area contributed by atoms with Gasteiger partial charge in [-0.05, 0) is 19.0 Å². The van der Waals surface area contributed by atoms with Crippen molar-refractivity contribution in [3.8, 4) is 0 Å². The van der Waals surface area contributed by atoms with E-state index >= 15 is 0 Å². The molecule has 0 spiro atoms. The average molecular weight is 311 g/mol. The van der Waals surface area contributed by atoms with E-state index in [-0.39, 0.29) is 0 Å². The molecule has 114 valence electrons. The molecular weight excluding hydrogens is 296 g/mol. The van der Waals surface area contributed by atoms with Crippen LogP contribution in [0.1, 0.15) is 12.0 Å². The maximum Gasteiger partial charge on any atom is 0.394 e. The van der Waals surface area contributed by atoms with Crippen LogP contribution in [0.2, 0.25) is 0 Å². The zero-order chi connectivity index (χ0) is 15.4. The first kappa shape index (κ1) is 16.9. The summed E-state index contributed by atoms with van der Waals surface area (Å²) in [6.45, 7) is 1.27. The first-order chi connectivity index (χ1) is 9.19. The third-order valence-corrected chi connectivity index (χ3v) is 2.95.